The van der Waals surface area contributed by atoms with Crippen molar-refractivity contribution in [3.05, 3.63) is 40.3 Å². The van der Waals surface area contributed by atoms with Crippen LogP contribution in [0.4, 0.5) is 5.00 Å². The molecule has 1 aromatic carbocycles. The molecule has 3 rings (SSSR count). The first-order valence-corrected chi connectivity index (χ1v) is 7.14. The van der Waals surface area contributed by atoms with E-state index in [1.54, 1.807) is 11.3 Å². The van der Waals surface area contributed by atoms with Gasteiger partial charge in [-0.2, -0.15) is 4.98 Å². The summed E-state index contributed by atoms with van der Waals surface area (Å²) in [7, 11) is 0. The van der Waals surface area contributed by atoms with Gasteiger partial charge in [0.15, 0.2) is 0 Å². The smallest absolute Gasteiger partial charge is 0.261 e. The van der Waals surface area contributed by atoms with Gasteiger partial charge in [0.05, 0.1) is 10.6 Å². The number of nitrogens with two attached hydrogens (primary N) is 1. The highest BCUT2D eigenvalue weighted by molar-refractivity contribution is 7.16. The molecule has 0 atom stereocenters. The normalized spacial score (nSPS) is 10.9. The highest BCUT2D eigenvalue weighted by Crippen LogP contribution is 2.37. The lowest BCUT2D eigenvalue weighted by atomic mass is 10.1. The summed E-state index contributed by atoms with van der Waals surface area (Å²) in [6.07, 6.45) is 0. The van der Waals surface area contributed by atoms with Crippen LogP contribution in [0.1, 0.15) is 16.0 Å². The molecule has 0 fully saturated rings. The second-order valence-corrected chi connectivity index (χ2v) is 6.07. The number of nitrogens with zero attached hydrogens (tertiary/aromatic N) is 2. The lowest BCUT2D eigenvalue weighted by molar-refractivity contribution is 0.432. The first-order chi connectivity index (χ1) is 9.56. The number of hydrogen-bond donors (Lipinski definition) is 1. The van der Waals surface area contributed by atoms with Crippen LogP contribution in [0.15, 0.2) is 28.8 Å². The predicted molar refractivity (Wildman–Crippen MR) is 81.7 cm³/mol. The van der Waals surface area contributed by atoms with Gasteiger partial charge in [-0.25, -0.2) is 0 Å². The Balaban J connectivity index is 2.06. The van der Waals surface area contributed by atoms with Crippen LogP contribution >= 0.6 is 11.3 Å². The maximum absolute atomic E-state index is 6.04. The van der Waals surface area contributed by atoms with Crippen LogP contribution in [-0.2, 0) is 0 Å². The van der Waals surface area contributed by atoms with Crippen molar-refractivity contribution in [1.82, 2.24) is 10.1 Å². The number of rotatable bonds is 2. The van der Waals surface area contributed by atoms with E-state index in [9.17, 15) is 0 Å². The monoisotopic (exact) mass is 285 g/mol. The lowest BCUT2D eigenvalue weighted by Crippen LogP contribution is -1.87. The topological polar surface area (TPSA) is 64.9 Å². The molecule has 0 saturated carbocycles. The molecule has 5 heteroatoms. The molecule has 0 amide bonds. The number of nitrogen functional groups attached to an aromatic ring is 1. The number of hydrogen-bond acceptors (Lipinski definition) is 5. The van der Waals surface area contributed by atoms with Gasteiger partial charge in [0, 0.05) is 10.4 Å². The Labute approximate surface area is 121 Å². The lowest BCUT2D eigenvalue weighted by Gasteiger charge is -1.96. The molecule has 2 aromatic heterocycles. The maximum atomic E-state index is 6.04. The van der Waals surface area contributed by atoms with E-state index in [2.05, 4.69) is 10.1 Å². The molecule has 0 saturated heterocycles. The molecule has 2 heterocycles. The molecule has 0 unspecified atom stereocenters. The first kappa shape index (κ1) is 12.9. The molecule has 0 aliphatic heterocycles. The molecule has 0 radical (unpaired) electrons. The zero-order chi connectivity index (χ0) is 14.3. The van der Waals surface area contributed by atoms with Crippen molar-refractivity contribution < 1.29 is 4.52 Å². The quantitative estimate of drug-likeness (QED) is 0.773. The summed E-state index contributed by atoms with van der Waals surface area (Å²) in [5.74, 6) is 1.08. The van der Waals surface area contributed by atoms with Crippen molar-refractivity contribution in [2.24, 2.45) is 0 Å². The summed E-state index contributed by atoms with van der Waals surface area (Å²) in [5.41, 5.74) is 10.1. The second kappa shape index (κ2) is 4.76. The molecule has 20 heavy (non-hydrogen) atoms. The first-order valence-electron chi connectivity index (χ1n) is 6.33. The fourth-order valence-corrected chi connectivity index (χ4v) is 3.07. The van der Waals surface area contributed by atoms with E-state index in [0.29, 0.717) is 11.7 Å². The summed E-state index contributed by atoms with van der Waals surface area (Å²) >= 11 is 1.55. The Kier molecular flexibility index (Phi) is 3.06. The zero-order valence-corrected chi connectivity index (χ0v) is 12.4. The number of anilines is 1. The fourth-order valence-electron chi connectivity index (χ4n) is 2.15. The molecule has 0 bridgehead atoms. The van der Waals surface area contributed by atoms with Crippen molar-refractivity contribution in [2.45, 2.75) is 20.8 Å². The van der Waals surface area contributed by atoms with Gasteiger partial charge < -0.3 is 10.3 Å². The van der Waals surface area contributed by atoms with Crippen LogP contribution in [0.2, 0.25) is 0 Å². The molecule has 0 spiro atoms. The van der Waals surface area contributed by atoms with Crippen LogP contribution in [0.3, 0.4) is 0 Å². The number of aryl methyl sites for hydroxylation is 2. The summed E-state index contributed by atoms with van der Waals surface area (Å²) < 4.78 is 5.39. The molecule has 0 aliphatic carbocycles. The third kappa shape index (κ3) is 2.10. The Hall–Kier alpha value is -2.14. The molecule has 2 N–H and O–H groups in total. The van der Waals surface area contributed by atoms with Crippen molar-refractivity contribution >= 4 is 16.3 Å². The fraction of sp³-hybridized carbons (Fsp3) is 0.200. The maximum Gasteiger partial charge on any atom is 0.261 e. The SMILES string of the molecule is Cc1cccc(-c2noc(-c3c(N)sc(C)c3C)n2)c1. The van der Waals surface area contributed by atoms with Gasteiger partial charge in [-0.15, -0.1) is 11.3 Å². The third-order valence-corrected chi connectivity index (χ3v) is 4.37. The number of thiophene rings is 1. The van der Waals surface area contributed by atoms with Crippen LogP contribution in [0.25, 0.3) is 22.8 Å². The Morgan fingerprint density at radius 3 is 2.65 bits per heavy atom. The van der Waals surface area contributed by atoms with E-state index in [0.717, 1.165) is 27.3 Å². The largest absolute Gasteiger partial charge is 0.390 e. The van der Waals surface area contributed by atoms with Crippen molar-refractivity contribution in [3.63, 3.8) is 0 Å². The van der Waals surface area contributed by atoms with E-state index >= 15 is 0 Å². The van der Waals surface area contributed by atoms with Crippen LogP contribution in [-0.4, -0.2) is 10.1 Å². The minimum absolute atomic E-state index is 0.487. The molecular formula is C15H15N3OS. The van der Waals surface area contributed by atoms with E-state index in [1.807, 2.05) is 45.0 Å². The highest BCUT2D eigenvalue weighted by Gasteiger charge is 2.18. The van der Waals surface area contributed by atoms with Crippen molar-refractivity contribution in [1.29, 1.82) is 0 Å². The summed E-state index contributed by atoms with van der Waals surface area (Å²) in [6, 6.07) is 8.02. The van der Waals surface area contributed by atoms with Crippen LogP contribution < -0.4 is 5.73 Å². The zero-order valence-electron chi connectivity index (χ0n) is 11.6. The van der Waals surface area contributed by atoms with Gasteiger partial charge in [-0.05, 0) is 32.4 Å². The summed E-state index contributed by atoms with van der Waals surface area (Å²) in [4.78, 5) is 5.65. The predicted octanol–water partition coefficient (Wildman–Crippen LogP) is 3.97. The van der Waals surface area contributed by atoms with Crippen molar-refractivity contribution in [2.75, 3.05) is 5.73 Å². The van der Waals surface area contributed by atoms with Crippen molar-refractivity contribution in [3.8, 4) is 22.8 Å². The third-order valence-electron chi connectivity index (χ3n) is 3.33. The second-order valence-electron chi connectivity index (χ2n) is 4.82. The highest BCUT2D eigenvalue weighted by atomic mass is 32.1. The average molecular weight is 285 g/mol. The van der Waals surface area contributed by atoms with Gasteiger partial charge in [0.25, 0.3) is 5.89 Å². The standard InChI is InChI=1S/C15H15N3OS/c1-8-5-4-6-11(7-8)14-17-15(19-18-14)12-9(2)10(3)20-13(12)16/h4-7H,16H2,1-3H3. The Bertz CT molecular complexity index is 773. The Morgan fingerprint density at radius 1 is 1.20 bits per heavy atom. The van der Waals surface area contributed by atoms with Gasteiger partial charge >= 0.3 is 0 Å². The van der Waals surface area contributed by atoms with E-state index < -0.39 is 0 Å². The minimum atomic E-state index is 0.487. The molecule has 4 nitrogen and oxygen atoms in total. The molecule has 0 aliphatic rings. The summed E-state index contributed by atoms with van der Waals surface area (Å²) in [6.45, 7) is 6.10. The van der Waals surface area contributed by atoms with E-state index in [-0.39, 0.29) is 0 Å². The summed E-state index contributed by atoms with van der Waals surface area (Å²) in [5, 5.41) is 4.78. The van der Waals surface area contributed by atoms with E-state index in [4.69, 9.17) is 10.3 Å². The number of benzene rings is 1. The van der Waals surface area contributed by atoms with Crippen LogP contribution in [0.5, 0.6) is 0 Å². The molecule has 3 aromatic rings. The van der Waals surface area contributed by atoms with Gasteiger partial charge in [-0.3, -0.25) is 0 Å². The van der Waals surface area contributed by atoms with Gasteiger partial charge in [0.2, 0.25) is 5.82 Å². The van der Waals surface area contributed by atoms with E-state index in [1.165, 1.54) is 4.88 Å². The minimum Gasteiger partial charge on any atom is -0.390 e. The number of aromatic nitrogens is 2. The average Bonchev–Trinajstić information content (AvgIpc) is 2.96. The van der Waals surface area contributed by atoms with Crippen LogP contribution in [0, 0.1) is 20.8 Å². The molecular weight excluding hydrogens is 270 g/mol. The van der Waals surface area contributed by atoms with Gasteiger partial charge in [-0.1, -0.05) is 28.9 Å². The Morgan fingerprint density at radius 2 is 2.00 bits per heavy atom. The molecule has 102 valence electrons. The van der Waals surface area contributed by atoms with Gasteiger partial charge in [0.1, 0.15) is 0 Å².